The molecule has 146 valence electrons. The molecule has 0 aliphatic carbocycles. The highest BCUT2D eigenvalue weighted by molar-refractivity contribution is 7.98. The van der Waals surface area contributed by atoms with Crippen molar-refractivity contribution < 1.29 is 14.2 Å². The van der Waals surface area contributed by atoms with Gasteiger partial charge in [-0.2, -0.15) is 0 Å². The van der Waals surface area contributed by atoms with Gasteiger partial charge in [-0.25, -0.2) is 14.4 Å². The Bertz CT molecular complexity index is 1270. The number of ether oxygens (including phenoxy) is 1. The summed E-state index contributed by atoms with van der Waals surface area (Å²) >= 11 is 1.60. The molecule has 5 rings (SSSR count). The molecule has 0 saturated heterocycles. The van der Waals surface area contributed by atoms with Crippen molar-refractivity contribution in [3.8, 4) is 22.8 Å². The van der Waals surface area contributed by atoms with E-state index in [1.165, 1.54) is 13.2 Å². The van der Waals surface area contributed by atoms with Gasteiger partial charge < -0.3 is 14.4 Å². The van der Waals surface area contributed by atoms with E-state index in [4.69, 9.17) is 9.72 Å². The molecule has 1 aliphatic rings. The second-order valence-electron chi connectivity index (χ2n) is 7.00. The van der Waals surface area contributed by atoms with E-state index in [1.54, 1.807) is 36.2 Å². The molecule has 3 heterocycles. The van der Waals surface area contributed by atoms with Crippen LogP contribution >= 0.6 is 11.8 Å². The number of halogens is 1. The van der Waals surface area contributed by atoms with Crippen LogP contribution in [0.2, 0.25) is 0 Å². The van der Waals surface area contributed by atoms with Gasteiger partial charge in [0, 0.05) is 45.6 Å². The minimum atomic E-state index is -0.245. The number of pyridine rings is 1. The fraction of sp³-hybridized carbons (Fsp3) is 0.182. The molecule has 1 N–H and O–H groups in total. The molecule has 0 fully saturated rings. The molecule has 0 radical (unpaired) electrons. The first-order valence-corrected chi connectivity index (χ1v) is 10.2. The highest BCUT2D eigenvalue weighted by Crippen LogP contribution is 2.44. The van der Waals surface area contributed by atoms with Gasteiger partial charge in [-0.15, -0.1) is 11.8 Å². The topological polar surface area (TPSA) is 60.2 Å². The molecule has 7 heteroatoms. The minimum Gasteiger partial charge on any atom is -0.504 e. The monoisotopic (exact) mass is 407 g/mol. The molecular weight excluding hydrogens is 389 g/mol. The first kappa shape index (κ1) is 18.0. The number of methoxy groups -OCH3 is 1. The van der Waals surface area contributed by atoms with Crippen LogP contribution in [0, 0.1) is 12.7 Å². The van der Waals surface area contributed by atoms with Crippen molar-refractivity contribution in [3.63, 3.8) is 0 Å². The van der Waals surface area contributed by atoms with E-state index in [9.17, 15) is 9.50 Å². The first-order valence-electron chi connectivity index (χ1n) is 9.18. The molecule has 0 amide bonds. The maximum atomic E-state index is 13.6. The molecule has 4 aromatic rings. The van der Waals surface area contributed by atoms with Crippen molar-refractivity contribution in [3.05, 3.63) is 65.5 Å². The minimum absolute atomic E-state index is 0.112. The van der Waals surface area contributed by atoms with E-state index >= 15 is 0 Å². The molecule has 2 aromatic heterocycles. The maximum Gasteiger partial charge on any atom is 0.163 e. The Morgan fingerprint density at radius 2 is 2.14 bits per heavy atom. The van der Waals surface area contributed by atoms with Gasteiger partial charge in [0.1, 0.15) is 11.6 Å². The smallest absolute Gasteiger partial charge is 0.163 e. The lowest BCUT2D eigenvalue weighted by Gasteiger charge is -2.21. The third kappa shape index (κ3) is 2.93. The van der Waals surface area contributed by atoms with E-state index in [-0.39, 0.29) is 11.6 Å². The molecule has 29 heavy (non-hydrogen) atoms. The molecule has 0 unspecified atom stereocenters. The van der Waals surface area contributed by atoms with Gasteiger partial charge in [-0.05, 0) is 36.8 Å². The van der Waals surface area contributed by atoms with E-state index in [1.807, 2.05) is 17.7 Å². The summed E-state index contributed by atoms with van der Waals surface area (Å²) in [4.78, 5) is 10.1. The Kier molecular flexibility index (Phi) is 4.20. The van der Waals surface area contributed by atoms with Crippen LogP contribution in [0.15, 0.2) is 47.6 Å². The van der Waals surface area contributed by atoms with Crippen molar-refractivity contribution in [2.24, 2.45) is 0 Å². The standard InChI is InChI=1S/C22H18FN3O2S/c1-12-24-5-6-26(12)10-17-16-7-13-11-29-20-8-14(23)3-4-15(20)21(13)25-18(16)9-19(28-2)22(17)27/h3-9,27H,10-11H2,1-2H3. The van der Waals surface area contributed by atoms with E-state index in [0.29, 0.717) is 18.0 Å². The third-order valence-corrected chi connectivity index (χ3v) is 6.40. The van der Waals surface area contributed by atoms with Crippen LogP contribution in [0.4, 0.5) is 4.39 Å². The summed E-state index contributed by atoms with van der Waals surface area (Å²) in [5.41, 5.74) is 4.32. The van der Waals surface area contributed by atoms with Crippen LogP contribution in [0.1, 0.15) is 17.0 Å². The van der Waals surface area contributed by atoms with Crippen molar-refractivity contribution in [2.75, 3.05) is 7.11 Å². The van der Waals surface area contributed by atoms with Crippen LogP contribution in [-0.4, -0.2) is 26.8 Å². The van der Waals surface area contributed by atoms with Crippen molar-refractivity contribution >= 4 is 22.7 Å². The highest BCUT2D eigenvalue weighted by atomic mass is 32.2. The first-order chi connectivity index (χ1) is 14.0. The molecule has 0 bridgehead atoms. The van der Waals surface area contributed by atoms with Gasteiger partial charge in [-0.1, -0.05) is 0 Å². The van der Waals surface area contributed by atoms with E-state index in [2.05, 4.69) is 11.1 Å². The summed E-state index contributed by atoms with van der Waals surface area (Å²) in [5.74, 6) is 1.80. The lowest BCUT2D eigenvalue weighted by Crippen LogP contribution is -2.05. The van der Waals surface area contributed by atoms with Crippen molar-refractivity contribution in [2.45, 2.75) is 24.1 Å². The van der Waals surface area contributed by atoms with Gasteiger partial charge in [0.05, 0.1) is 24.9 Å². The number of aryl methyl sites for hydroxylation is 1. The van der Waals surface area contributed by atoms with Gasteiger partial charge in [-0.3, -0.25) is 0 Å². The highest BCUT2D eigenvalue weighted by Gasteiger charge is 2.22. The summed E-state index contributed by atoms with van der Waals surface area (Å²) in [7, 11) is 1.53. The zero-order chi connectivity index (χ0) is 20.1. The summed E-state index contributed by atoms with van der Waals surface area (Å²) in [6.45, 7) is 2.38. The van der Waals surface area contributed by atoms with Crippen LogP contribution in [-0.2, 0) is 12.3 Å². The van der Waals surface area contributed by atoms with Gasteiger partial charge in [0.15, 0.2) is 11.5 Å². The number of aromatic hydroxyl groups is 1. The fourth-order valence-corrected chi connectivity index (χ4v) is 4.80. The fourth-order valence-electron chi connectivity index (χ4n) is 3.76. The molecule has 5 nitrogen and oxygen atoms in total. The number of aromatic nitrogens is 3. The number of nitrogens with zero attached hydrogens (tertiary/aromatic N) is 3. The second kappa shape index (κ2) is 6.77. The van der Waals surface area contributed by atoms with E-state index in [0.717, 1.165) is 44.0 Å². The maximum absolute atomic E-state index is 13.6. The summed E-state index contributed by atoms with van der Waals surface area (Å²) in [5, 5.41) is 11.7. The molecule has 0 spiro atoms. The lowest BCUT2D eigenvalue weighted by molar-refractivity contribution is 0.371. The zero-order valence-corrected chi connectivity index (χ0v) is 16.8. The lowest BCUT2D eigenvalue weighted by atomic mass is 9.99. The van der Waals surface area contributed by atoms with Gasteiger partial charge in [0.2, 0.25) is 0 Å². The summed E-state index contributed by atoms with van der Waals surface area (Å²) in [6.07, 6.45) is 3.62. The predicted octanol–water partition coefficient (Wildman–Crippen LogP) is 4.91. The SMILES string of the molecule is COc1cc2nc3c(cc2c(Cn2ccnc2C)c1O)CSc1cc(F)ccc1-3. The predicted molar refractivity (Wildman–Crippen MR) is 111 cm³/mol. The number of phenolic OH excluding ortho intramolecular Hbond substituents is 1. The van der Waals surface area contributed by atoms with Gasteiger partial charge >= 0.3 is 0 Å². The molecule has 0 saturated carbocycles. The Balaban J connectivity index is 1.75. The number of imidazole rings is 1. The molecule has 0 atom stereocenters. The third-order valence-electron chi connectivity index (χ3n) is 5.30. The Morgan fingerprint density at radius 1 is 1.28 bits per heavy atom. The van der Waals surface area contributed by atoms with Crippen molar-refractivity contribution in [1.29, 1.82) is 0 Å². The van der Waals surface area contributed by atoms with Crippen LogP contribution < -0.4 is 4.74 Å². The number of thioether (sulfide) groups is 1. The summed E-state index contributed by atoms with van der Waals surface area (Å²) in [6, 6.07) is 8.63. The largest absolute Gasteiger partial charge is 0.504 e. The Labute approximate surface area is 171 Å². The number of hydrogen-bond acceptors (Lipinski definition) is 5. The number of rotatable bonds is 3. The second-order valence-corrected chi connectivity index (χ2v) is 8.02. The van der Waals surface area contributed by atoms with Crippen LogP contribution in [0.5, 0.6) is 11.5 Å². The quantitative estimate of drug-likeness (QED) is 0.523. The molecular formula is C22H18FN3O2S. The van der Waals surface area contributed by atoms with E-state index < -0.39 is 0 Å². The zero-order valence-electron chi connectivity index (χ0n) is 15.9. The Morgan fingerprint density at radius 3 is 2.90 bits per heavy atom. The average molecular weight is 407 g/mol. The number of fused-ring (bicyclic) bond motifs is 4. The van der Waals surface area contributed by atoms with Crippen LogP contribution in [0.25, 0.3) is 22.2 Å². The normalized spacial score (nSPS) is 12.7. The molecule has 1 aliphatic heterocycles. The summed E-state index contributed by atoms with van der Waals surface area (Å²) < 4.78 is 21.0. The number of hydrogen-bond donors (Lipinski definition) is 1. The Hall–Kier alpha value is -3.06. The van der Waals surface area contributed by atoms with Crippen LogP contribution in [0.3, 0.4) is 0 Å². The number of benzene rings is 2. The average Bonchev–Trinajstić information content (AvgIpc) is 3.12. The van der Waals surface area contributed by atoms with Crippen molar-refractivity contribution in [1.82, 2.24) is 14.5 Å². The van der Waals surface area contributed by atoms with Gasteiger partial charge in [0.25, 0.3) is 0 Å². The number of phenols is 1. The molecule has 2 aromatic carbocycles.